The van der Waals surface area contributed by atoms with Gasteiger partial charge in [0.15, 0.2) is 0 Å². The van der Waals surface area contributed by atoms with Crippen molar-refractivity contribution in [3.8, 4) is 11.3 Å². The minimum atomic E-state index is -0.222. The fourth-order valence-electron chi connectivity index (χ4n) is 4.42. The van der Waals surface area contributed by atoms with Crippen LogP contribution in [-0.2, 0) is 0 Å². The number of likely N-dealkylation sites (N-methyl/N-ethyl adjacent to an activating group) is 1. The number of anilines is 2. The van der Waals surface area contributed by atoms with Gasteiger partial charge in [-0.25, -0.2) is 15.0 Å². The standard InChI is InChI=1S/C24H28N8OS/c1-14(2)21-28-24(34-30-21)29-23(33)16-8-6-15(7-9-16)18-19-20(25)26-10-12-32(19)22(27-18)17-5-4-11-31(3)13-17/h6-10,12,14,17H,4-5,11,13H2,1-3H3,(H2,25,26)(H,28,29,30,33). The fraction of sp³-hybridized carbons (Fsp3) is 0.375. The highest BCUT2D eigenvalue weighted by molar-refractivity contribution is 7.09. The van der Waals surface area contributed by atoms with Gasteiger partial charge in [-0.3, -0.25) is 14.5 Å². The summed E-state index contributed by atoms with van der Waals surface area (Å²) in [6.07, 6.45) is 5.88. The van der Waals surface area contributed by atoms with Gasteiger partial charge in [0.05, 0.1) is 0 Å². The number of hydrogen-bond acceptors (Lipinski definition) is 8. The van der Waals surface area contributed by atoms with Crippen LogP contribution in [0, 0.1) is 0 Å². The average Bonchev–Trinajstić information content (AvgIpc) is 3.45. The third kappa shape index (κ3) is 4.26. The molecule has 4 aromatic rings. The summed E-state index contributed by atoms with van der Waals surface area (Å²) in [5.41, 5.74) is 9.31. The Kier molecular flexibility index (Phi) is 6.01. The Hall–Kier alpha value is -3.37. The highest BCUT2D eigenvalue weighted by Gasteiger charge is 2.26. The molecule has 176 valence electrons. The molecule has 10 heteroatoms. The lowest BCUT2D eigenvalue weighted by atomic mass is 9.98. The summed E-state index contributed by atoms with van der Waals surface area (Å²) in [6.45, 7) is 6.11. The van der Waals surface area contributed by atoms with Gasteiger partial charge in [-0.2, -0.15) is 4.37 Å². The number of rotatable bonds is 5. The van der Waals surface area contributed by atoms with Crippen LogP contribution in [0.4, 0.5) is 10.9 Å². The number of imidazole rings is 1. The van der Waals surface area contributed by atoms with Crippen molar-refractivity contribution in [3.63, 3.8) is 0 Å². The van der Waals surface area contributed by atoms with Crippen molar-refractivity contribution in [1.82, 2.24) is 28.6 Å². The van der Waals surface area contributed by atoms with Crippen molar-refractivity contribution >= 4 is 33.9 Å². The molecular formula is C24H28N8OS. The summed E-state index contributed by atoms with van der Waals surface area (Å²) < 4.78 is 6.36. The Morgan fingerprint density at radius 1 is 1.24 bits per heavy atom. The van der Waals surface area contributed by atoms with Crippen molar-refractivity contribution < 1.29 is 4.79 Å². The van der Waals surface area contributed by atoms with Crippen LogP contribution in [0.5, 0.6) is 0 Å². The first-order chi connectivity index (χ1) is 16.4. The van der Waals surface area contributed by atoms with Gasteiger partial charge in [-0.15, -0.1) is 0 Å². The van der Waals surface area contributed by atoms with Gasteiger partial charge >= 0.3 is 0 Å². The average molecular weight is 477 g/mol. The number of carbonyl (C=O) groups excluding carboxylic acids is 1. The number of benzene rings is 1. The Morgan fingerprint density at radius 2 is 2.03 bits per heavy atom. The van der Waals surface area contributed by atoms with E-state index in [1.807, 2.05) is 32.2 Å². The molecule has 0 bridgehead atoms. The maximum Gasteiger partial charge on any atom is 0.257 e. The largest absolute Gasteiger partial charge is 0.382 e. The Balaban J connectivity index is 1.44. The van der Waals surface area contributed by atoms with Crippen LogP contribution >= 0.6 is 11.5 Å². The number of nitrogen functional groups attached to an aromatic ring is 1. The van der Waals surface area contributed by atoms with Gasteiger partial charge in [0.2, 0.25) is 5.13 Å². The van der Waals surface area contributed by atoms with Gasteiger partial charge in [-0.05, 0) is 38.6 Å². The number of piperidine rings is 1. The molecule has 1 saturated heterocycles. The molecule has 9 nitrogen and oxygen atoms in total. The quantitative estimate of drug-likeness (QED) is 0.447. The van der Waals surface area contributed by atoms with Gasteiger partial charge in [-0.1, -0.05) is 26.0 Å². The SMILES string of the molecule is CC(C)c1nsc(NC(=O)c2ccc(-c3nc(C4CCCN(C)C4)n4ccnc(N)c34)cc2)n1. The minimum absolute atomic E-state index is 0.215. The number of nitrogens with one attached hydrogen (secondary N) is 1. The number of aromatic nitrogens is 5. The number of amides is 1. The molecule has 0 saturated carbocycles. The van der Waals surface area contributed by atoms with Gasteiger partial charge in [0.1, 0.15) is 28.7 Å². The molecule has 3 N–H and O–H groups in total. The molecular weight excluding hydrogens is 448 g/mol. The molecule has 5 rings (SSSR count). The number of carbonyl (C=O) groups is 1. The first-order valence-electron chi connectivity index (χ1n) is 11.5. The Bertz CT molecular complexity index is 1330. The van der Waals surface area contributed by atoms with Crippen molar-refractivity contribution in [1.29, 1.82) is 0 Å². The van der Waals surface area contributed by atoms with Crippen LogP contribution in [0.2, 0.25) is 0 Å². The zero-order chi connectivity index (χ0) is 23.8. The molecule has 0 radical (unpaired) electrons. The third-order valence-electron chi connectivity index (χ3n) is 6.20. The lowest BCUT2D eigenvalue weighted by molar-refractivity contribution is 0.102. The molecule has 1 aliphatic heterocycles. The predicted molar refractivity (Wildman–Crippen MR) is 134 cm³/mol. The van der Waals surface area contributed by atoms with E-state index in [0.29, 0.717) is 22.4 Å². The zero-order valence-corrected chi connectivity index (χ0v) is 20.3. The monoisotopic (exact) mass is 476 g/mol. The van der Waals surface area contributed by atoms with E-state index >= 15 is 0 Å². The first-order valence-corrected chi connectivity index (χ1v) is 12.2. The predicted octanol–water partition coefficient (Wildman–Crippen LogP) is 4.01. The van der Waals surface area contributed by atoms with Crippen LogP contribution in [0.15, 0.2) is 36.7 Å². The maximum atomic E-state index is 12.7. The first kappa shape index (κ1) is 22.4. The highest BCUT2D eigenvalue weighted by Crippen LogP contribution is 2.33. The van der Waals surface area contributed by atoms with Gasteiger partial charge in [0, 0.05) is 53.4 Å². The second-order valence-corrected chi connectivity index (χ2v) is 9.85. The van der Waals surface area contributed by atoms with Crippen LogP contribution in [-0.4, -0.2) is 54.7 Å². The minimum Gasteiger partial charge on any atom is -0.382 e. The summed E-state index contributed by atoms with van der Waals surface area (Å²) in [6, 6.07) is 7.39. The molecule has 4 heterocycles. The smallest absolute Gasteiger partial charge is 0.257 e. The summed E-state index contributed by atoms with van der Waals surface area (Å²) in [4.78, 5) is 28.8. The molecule has 0 spiro atoms. The van der Waals surface area contributed by atoms with E-state index in [-0.39, 0.29) is 11.8 Å². The summed E-state index contributed by atoms with van der Waals surface area (Å²) in [5.74, 6) is 2.50. The van der Waals surface area contributed by atoms with Crippen LogP contribution in [0.25, 0.3) is 16.8 Å². The van der Waals surface area contributed by atoms with Crippen molar-refractivity contribution in [2.45, 2.75) is 38.5 Å². The van der Waals surface area contributed by atoms with E-state index in [0.717, 1.165) is 54.4 Å². The molecule has 34 heavy (non-hydrogen) atoms. The number of nitrogens with zero attached hydrogens (tertiary/aromatic N) is 6. The van der Waals surface area contributed by atoms with Crippen molar-refractivity contribution in [2.75, 3.05) is 31.2 Å². The second-order valence-electron chi connectivity index (χ2n) is 9.09. The molecule has 1 aromatic carbocycles. The summed E-state index contributed by atoms with van der Waals surface area (Å²) in [5, 5.41) is 3.33. The lowest BCUT2D eigenvalue weighted by Gasteiger charge is -2.28. The van der Waals surface area contributed by atoms with E-state index < -0.39 is 0 Å². The molecule has 1 amide bonds. The zero-order valence-electron chi connectivity index (χ0n) is 19.5. The Labute approximate surface area is 202 Å². The van der Waals surface area contributed by atoms with E-state index in [9.17, 15) is 4.79 Å². The number of nitrogens with two attached hydrogens (primary N) is 1. The second kappa shape index (κ2) is 9.11. The molecule has 1 atom stereocenters. The van der Waals surface area contributed by atoms with Crippen molar-refractivity contribution in [2.24, 2.45) is 0 Å². The van der Waals surface area contributed by atoms with Crippen LogP contribution in [0.1, 0.15) is 60.5 Å². The highest BCUT2D eigenvalue weighted by atomic mass is 32.1. The number of likely N-dealkylation sites (tertiary alicyclic amines) is 1. The summed E-state index contributed by atoms with van der Waals surface area (Å²) >= 11 is 1.19. The van der Waals surface area contributed by atoms with E-state index in [1.165, 1.54) is 11.5 Å². The van der Waals surface area contributed by atoms with Gasteiger partial charge in [0.25, 0.3) is 5.91 Å². The third-order valence-corrected chi connectivity index (χ3v) is 6.84. The molecule has 1 fully saturated rings. The van der Waals surface area contributed by atoms with E-state index in [4.69, 9.17) is 10.7 Å². The number of fused-ring (bicyclic) bond motifs is 1. The van der Waals surface area contributed by atoms with Crippen LogP contribution in [0.3, 0.4) is 0 Å². The molecule has 0 aliphatic carbocycles. The molecule has 1 aliphatic rings. The molecule has 3 aromatic heterocycles. The van der Waals surface area contributed by atoms with Crippen LogP contribution < -0.4 is 11.1 Å². The lowest BCUT2D eigenvalue weighted by Crippen LogP contribution is -2.31. The van der Waals surface area contributed by atoms with Gasteiger partial charge < -0.3 is 10.6 Å². The fourth-order valence-corrected chi connectivity index (χ4v) is 5.13. The molecule has 1 unspecified atom stereocenters. The normalized spacial score (nSPS) is 16.9. The number of hydrogen-bond donors (Lipinski definition) is 2. The Morgan fingerprint density at radius 3 is 2.74 bits per heavy atom. The van der Waals surface area contributed by atoms with E-state index in [2.05, 4.69) is 36.0 Å². The van der Waals surface area contributed by atoms with Crippen molar-refractivity contribution in [3.05, 3.63) is 53.9 Å². The van der Waals surface area contributed by atoms with E-state index in [1.54, 1.807) is 18.3 Å². The maximum absolute atomic E-state index is 12.7. The topological polar surface area (TPSA) is 114 Å². The summed E-state index contributed by atoms with van der Waals surface area (Å²) in [7, 11) is 2.15.